The lowest BCUT2D eigenvalue weighted by molar-refractivity contribution is 0.596. The number of thiazole rings is 1. The van der Waals surface area contributed by atoms with Crippen LogP contribution in [0.3, 0.4) is 0 Å². The van der Waals surface area contributed by atoms with Crippen LogP contribution >= 0.6 is 22.7 Å². The van der Waals surface area contributed by atoms with Crippen LogP contribution in [-0.4, -0.2) is 21.4 Å². The molecule has 3 aromatic rings. The predicted molar refractivity (Wildman–Crippen MR) is 97.1 cm³/mol. The van der Waals surface area contributed by atoms with E-state index in [-0.39, 0.29) is 20.5 Å². The molecule has 0 atom stereocenters. The third-order valence-corrected chi connectivity index (χ3v) is 7.89. The van der Waals surface area contributed by atoms with Gasteiger partial charge in [0, 0.05) is 0 Å². The van der Waals surface area contributed by atoms with Crippen LogP contribution in [0.5, 0.6) is 0 Å². The summed E-state index contributed by atoms with van der Waals surface area (Å²) in [5.41, 5.74) is 0.579. The Kier molecular flexibility index (Phi) is 4.56. The average molecular weight is 414 g/mol. The van der Waals surface area contributed by atoms with E-state index in [9.17, 15) is 16.8 Å². The lowest BCUT2D eigenvalue weighted by Gasteiger charge is -2.01. The molecule has 3 rings (SSSR count). The molecule has 11 heteroatoms. The molecule has 0 amide bonds. The zero-order valence-electron chi connectivity index (χ0n) is 12.5. The van der Waals surface area contributed by atoms with Crippen LogP contribution in [0.25, 0.3) is 10.2 Å². The minimum atomic E-state index is -3.88. The summed E-state index contributed by atoms with van der Waals surface area (Å²) in [6, 6.07) is 7.32. The molecular weight excluding hydrogens is 402 g/mol. The van der Waals surface area contributed by atoms with E-state index in [4.69, 9.17) is 11.6 Å². The zero-order chi connectivity index (χ0) is 18.2. The molecule has 0 aliphatic heterocycles. The van der Waals surface area contributed by atoms with Gasteiger partial charge >= 0.3 is 0 Å². The highest BCUT2D eigenvalue weighted by molar-refractivity contribution is 7.92. The molecule has 0 saturated heterocycles. The van der Waals surface area contributed by atoms with Crippen molar-refractivity contribution in [2.45, 2.75) is 15.6 Å². The number of hydrogen-bond donors (Lipinski definition) is 1. The largest absolute Gasteiger partial charge is 0.304 e. The highest BCUT2D eigenvalue weighted by Gasteiger charge is 2.17. The lowest BCUT2D eigenvalue weighted by Crippen LogP contribution is -2.16. The second-order valence-corrected chi connectivity index (χ2v) is 10.2. The van der Waals surface area contributed by atoms with Gasteiger partial charge in [-0.2, -0.15) is 8.42 Å². The van der Waals surface area contributed by atoms with Gasteiger partial charge in [0.2, 0.25) is 14.8 Å². The molecule has 2 heterocycles. The van der Waals surface area contributed by atoms with Crippen molar-refractivity contribution in [1.29, 1.82) is 0 Å². The van der Waals surface area contributed by atoms with Gasteiger partial charge < -0.3 is 4.57 Å². The molecule has 0 bridgehead atoms. The maximum atomic E-state index is 12.4. The summed E-state index contributed by atoms with van der Waals surface area (Å²) >= 11 is 2.08. The van der Waals surface area contributed by atoms with Crippen molar-refractivity contribution in [3.63, 3.8) is 0 Å². The molecular formula is C14H11N3O4S4. The number of hydrogen-bond acceptors (Lipinski definition) is 6. The van der Waals surface area contributed by atoms with Crippen LogP contribution in [0.2, 0.25) is 0 Å². The molecule has 130 valence electrons. The summed E-state index contributed by atoms with van der Waals surface area (Å²) in [6.45, 7) is 0.0908. The van der Waals surface area contributed by atoms with E-state index < -0.39 is 20.0 Å². The summed E-state index contributed by atoms with van der Waals surface area (Å²) in [6.07, 6.45) is 5.37. The molecule has 2 aromatic heterocycles. The fourth-order valence-corrected chi connectivity index (χ4v) is 5.96. The van der Waals surface area contributed by atoms with E-state index >= 15 is 0 Å². The molecule has 0 aliphatic rings. The number of primary sulfonamides is 1. The third-order valence-electron chi connectivity index (χ3n) is 3.18. The minimum absolute atomic E-state index is 0.0678. The monoisotopic (exact) mass is 413 g/mol. The molecule has 0 unspecified atom stereocenters. The van der Waals surface area contributed by atoms with Crippen molar-refractivity contribution < 1.29 is 16.8 Å². The molecule has 0 radical (unpaired) electrons. The number of thiophene rings is 1. The Morgan fingerprint density at radius 2 is 2.00 bits per heavy atom. The second-order valence-electron chi connectivity index (χ2n) is 4.85. The van der Waals surface area contributed by atoms with Gasteiger partial charge in [0.25, 0.3) is 10.0 Å². The first-order valence-corrected chi connectivity index (χ1v) is 11.3. The Hall–Kier alpha value is -1.97. The van der Waals surface area contributed by atoms with Crippen LogP contribution in [0.1, 0.15) is 0 Å². The topological polar surface area (TPSA) is 112 Å². The second kappa shape index (κ2) is 6.40. The Balaban J connectivity index is 2.30. The Morgan fingerprint density at radius 3 is 2.60 bits per heavy atom. The first-order valence-electron chi connectivity index (χ1n) is 6.66. The van der Waals surface area contributed by atoms with Crippen LogP contribution in [0.15, 0.2) is 49.2 Å². The number of fused-ring (bicyclic) bond motifs is 1. The number of nitrogens with two attached hydrogens (primary N) is 1. The van der Waals surface area contributed by atoms with Gasteiger partial charge in [-0.1, -0.05) is 23.3 Å². The van der Waals surface area contributed by atoms with Gasteiger partial charge in [-0.25, -0.2) is 13.6 Å². The van der Waals surface area contributed by atoms with E-state index in [1.807, 2.05) is 0 Å². The minimum Gasteiger partial charge on any atom is -0.304 e. The van der Waals surface area contributed by atoms with Crippen LogP contribution in [0.4, 0.5) is 0 Å². The van der Waals surface area contributed by atoms with Crippen LogP contribution < -0.4 is 9.94 Å². The van der Waals surface area contributed by atoms with E-state index in [0.29, 0.717) is 10.2 Å². The third kappa shape index (κ3) is 3.53. The van der Waals surface area contributed by atoms with Gasteiger partial charge in [0.05, 0.1) is 21.7 Å². The summed E-state index contributed by atoms with van der Waals surface area (Å²) < 4.78 is 53.8. The number of rotatable bonds is 4. The van der Waals surface area contributed by atoms with Gasteiger partial charge in [-0.3, -0.25) is 0 Å². The molecule has 0 fully saturated rings. The molecule has 2 N–H and O–H groups in total. The first-order chi connectivity index (χ1) is 11.7. The normalized spacial score (nSPS) is 13.2. The molecule has 0 saturated carbocycles. The van der Waals surface area contributed by atoms with Gasteiger partial charge in [0.15, 0.2) is 0 Å². The summed E-state index contributed by atoms with van der Waals surface area (Å²) in [4.78, 5) is 0.0923. The van der Waals surface area contributed by atoms with Crippen molar-refractivity contribution in [2.24, 2.45) is 9.54 Å². The van der Waals surface area contributed by atoms with Gasteiger partial charge in [-0.05, 0) is 29.6 Å². The maximum Gasteiger partial charge on any atom is 0.294 e. The zero-order valence-corrected chi connectivity index (χ0v) is 15.8. The highest BCUT2D eigenvalue weighted by Crippen LogP contribution is 2.23. The lowest BCUT2D eigenvalue weighted by atomic mass is 10.3. The highest BCUT2D eigenvalue weighted by atomic mass is 32.2. The summed E-state index contributed by atoms with van der Waals surface area (Å²) in [7, 11) is -7.75. The smallest absolute Gasteiger partial charge is 0.294 e. The number of nitrogens with zero attached hydrogens (tertiary/aromatic N) is 2. The maximum absolute atomic E-state index is 12.4. The SMILES string of the molecule is C#CCn1/c(=N/S(=O)(=O)c2cccs2)sc2cc(S(N)(=O)=O)ccc21. The van der Waals surface area contributed by atoms with Gasteiger partial charge in [0.1, 0.15) is 4.21 Å². The van der Waals surface area contributed by atoms with Crippen molar-refractivity contribution >= 4 is 52.9 Å². The van der Waals surface area contributed by atoms with E-state index in [1.165, 1.54) is 28.8 Å². The number of terminal acetylenes is 1. The fraction of sp³-hybridized carbons (Fsp3) is 0.0714. The quantitative estimate of drug-likeness (QED) is 0.650. The average Bonchev–Trinajstić information content (AvgIpc) is 3.15. The number of benzene rings is 1. The standard InChI is InChI=1S/C14H11N3O4S4/c1-2-7-17-11-6-5-10(24(15,18)19)9-12(11)23-14(17)16-25(20,21)13-4-3-8-22-13/h1,3-6,8-9H,7H2,(H2,15,18,19)/b16-14-. The van der Waals surface area contributed by atoms with Crippen molar-refractivity contribution in [3.8, 4) is 12.3 Å². The Labute approximate surface area is 152 Å². The van der Waals surface area contributed by atoms with Crippen LogP contribution in [-0.2, 0) is 26.6 Å². The Morgan fingerprint density at radius 1 is 1.24 bits per heavy atom. The molecule has 0 spiro atoms. The first kappa shape index (κ1) is 17.8. The predicted octanol–water partition coefficient (Wildman–Crippen LogP) is 1.33. The Bertz CT molecular complexity index is 1260. The van der Waals surface area contributed by atoms with Crippen molar-refractivity contribution in [1.82, 2.24) is 4.57 Å². The summed E-state index contributed by atoms with van der Waals surface area (Å²) in [5, 5.41) is 6.78. The molecule has 0 aliphatic carbocycles. The summed E-state index contributed by atoms with van der Waals surface area (Å²) in [5.74, 6) is 2.44. The van der Waals surface area contributed by atoms with Crippen molar-refractivity contribution in [2.75, 3.05) is 0 Å². The number of aromatic nitrogens is 1. The van der Waals surface area contributed by atoms with E-state index in [0.717, 1.165) is 22.7 Å². The van der Waals surface area contributed by atoms with Crippen molar-refractivity contribution in [3.05, 3.63) is 40.5 Å². The fourth-order valence-electron chi connectivity index (χ4n) is 2.10. The van der Waals surface area contributed by atoms with E-state index in [1.54, 1.807) is 11.4 Å². The van der Waals surface area contributed by atoms with Gasteiger partial charge in [-0.15, -0.1) is 22.2 Å². The molecule has 25 heavy (non-hydrogen) atoms. The number of sulfonamides is 2. The molecule has 1 aromatic carbocycles. The van der Waals surface area contributed by atoms with E-state index in [2.05, 4.69) is 10.3 Å². The van der Waals surface area contributed by atoms with Crippen LogP contribution in [0, 0.1) is 12.3 Å². The molecule has 7 nitrogen and oxygen atoms in total.